The molecule has 0 aliphatic carbocycles. The van der Waals surface area contributed by atoms with Gasteiger partial charge in [-0.25, -0.2) is 9.37 Å². The lowest BCUT2D eigenvalue weighted by Crippen LogP contribution is -2.19. The van der Waals surface area contributed by atoms with Crippen molar-refractivity contribution in [2.24, 2.45) is 0 Å². The summed E-state index contributed by atoms with van der Waals surface area (Å²) in [5, 5.41) is 3.39. The minimum Gasteiger partial charge on any atom is -0.436 e. The molecule has 1 heterocycles. The minimum atomic E-state index is -0.392. The molecule has 2 aromatic rings. The largest absolute Gasteiger partial charge is 0.436 e. The summed E-state index contributed by atoms with van der Waals surface area (Å²) in [5.41, 5.74) is 1.07. The van der Waals surface area contributed by atoms with Gasteiger partial charge in [0.1, 0.15) is 0 Å². The molecule has 0 amide bonds. The summed E-state index contributed by atoms with van der Waals surface area (Å²) < 4.78 is 19.0. The normalized spacial score (nSPS) is 12.2. The van der Waals surface area contributed by atoms with Crippen LogP contribution in [0.5, 0.6) is 11.6 Å². The Labute approximate surface area is 118 Å². The molecule has 20 heavy (non-hydrogen) atoms. The lowest BCUT2D eigenvalue weighted by atomic mass is 10.1. The molecular formula is C16H19FN2O. The fourth-order valence-electron chi connectivity index (χ4n) is 1.87. The molecular weight excluding hydrogens is 255 g/mol. The second kappa shape index (κ2) is 7.01. The van der Waals surface area contributed by atoms with Crippen LogP contribution < -0.4 is 10.1 Å². The zero-order chi connectivity index (χ0) is 14.4. The summed E-state index contributed by atoms with van der Waals surface area (Å²) in [5.74, 6) is 0.195. The molecule has 0 saturated heterocycles. The molecule has 0 aliphatic heterocycles. The van der Waals surface area contributed by atoms with Crippen molar-refractivity contribution >= 4 is 0 Å². The minimum absolute atomic E-state index is 0.186. The maximum atomic E-state index is 13.5. The molecule has 0 spiro atoms. The molecule has 1 aromatic carbocycles. The van der Waals surface area contributed by atoms with E-state index in [1.54, 1.807) is 24.4 Å². The van der Waals surface area contributed by atoms with Crippen molar-refractivity contribution in [3.05, 3.63) is 54.0 Å². The van der Waals surface area contributed by atoms with Gasteiger partial charge in [-0.05, 0) is 43.7 Å². The Bertz CT molecular complexity index is 560. The van der Waals surface area contributed by atoms with Gasteiger partial charge in [-0.15, -0.1) is 0 Å². The molecule has 3 nitrogen and oxygen atoms in total. The van der Waals surface area contributed by atoms with E-state index in [-0.39, 0.29) is 11.8 Å². The van der Waals surface area contributed by atoms with Gasteiger partial charge in [-0.3, -0.25) is 0 Å². The average molecular weight is 274 g/mol. The zero-order valence-electron chi connectivity index (χ0n) is 11.8. The molecule has 2 rings (SSSR count). The standard InChI is InChI=1S/C16H19FN2O/c1-3-9-18-12(2)13-8-10-19-16(11-13)20-15-7-5-4-6-14(15)17/h4-8,10-12,18H,3,9H2,1-2H3. The molecule has 0 radical (unpaired) electrons. The molecule has 0 fully saturated rings. The summed E-state index contributed by atoms with van der Waals surface area (Å²) in [7, 11) is 0. The Hall–Kier alpha value is -1.94. The van der Waals surface area contributed by atoms with E-state index >= 15 is 0 Å². The SMILES string of the molecule is CCCNC(C)c1ccnc(Oc2ccccc2F)c1. The number of aromatic nitrogens is 1. The van der Waals surface area contributed by atoms with E-state index < -0.39 is 5.82 Å². The predicted octanol–water partition coefficient (Wildman–Crippen LogP) is 4.07. The Balaban J connectivity index is 2.12. The van der Waals surface area contributed by atoms with E-state index in [0.717, 1.165) is 18.5 Å². The molecule has 4 heteroatoms. The number of para-hydroxylation sites is 1. The van der Waals surface area contributed by atoms with E-state index in [9.17, 15) is 4.39 Å². The second-order valence-corrected chi connectivity index (χ2v) is 4.64. The lowest BCUT2D eigenvalue weighted by Gasteiger charge is -2.14. The van der Waals surface area contributed by atoms with Gasteiger partial charge in [0, 0.05) is 18.3 Å². The van der Waals surface area contributed by atoms with Crippen LogP contribution in [0.15, 0.2) is 42.6 Å². The van der Waals surface area contributed by atoms with Crippen LogP contribution in [0.2, 0.25) is 0 Å². The smallest absolute Gasteiger partial charge is 0.219 e. The van der Waals surface area contributed by atoms with Crippen LogP contribution >= 0.6 is 0 Å². The van der Waals surface area contributed by atoms with E-state index in [1.165, 1.54) is 6.07 Å². The third-order valence-corrected chi connectivity index (χ3v) is 3.01. The first-order valence-corrected chi connectivity index (χ1v) is 6.82. The van der Waals surface area contributed by atoms with E-state index in [2.05, 4.69) is 24.1 Å². The van der Waals surface area contributed by atoms with Gasteiger partial charge in [-0.1, -0.05) is 19.1 Å². The van der Waals surface area contributed by atoms with Crippen LogP contribution in [0.1, 0.15) is 31.9 Å². The molecule has 1 atom stereocenters. The van der Waals surface area contributed by atoms with E-state index in [0.29, 0.717) is 5.88 Å². The summed E-state index contributed by atoms with van der Waals surface area (Å²) in [4.78, 5) is 4.12. The summed E-state index contributed by atoms with van der Waals surface area (Å²) >= 11 is 0. The molecule has 0 saturated carbocycles. The third-order valence-electron chi connectivity index (χ3n) is 3.01. The second-order valence-electron chi connectivity index (χ2n) is 4.64. The number of pyridine rings is 1. The fourth-order valence-corrected chi connectivity index (χ4v) is 1.87. The van der Waals surface area contributed by atoms with Crippen LogP contribution in [-0.2, 0) is 0 Å². The van der Waals surface area contributed by atoms with E-state index in [1.807, 2.05) is 12.1 Å². The van der Waals surface area contributed by atoms with Crippen molar-refractivity contribution in [2.75, 3.05) is 6.54 Å². The Kier molecular flexibility index (Phi) is 5.07. The monoisotopic (exact) mass is 274 g/mol. The first-order valence-electron chi connectivity index (χ1n) is 6.82. The number of ether oxygens (including phenoxy) is 1. The number of benzene rings is 1. The first-order chi connectivity index (χ1) is 9.70. The van der Waals surface area contributed by atoms with Crippen LogP contribution in [-0.4, -0.2) is 11.5 Å². The van der Waals surface area contributed by atoms with Crippen molar-refractivity contribution in [1.82, 2.24) is 10.3 Å². The number of nitrogens with one attached hydrogen (secondary N) is 1. The van der Waals surface area contributed by atoms with Crippen LogP contribution in [0, 0.1) is 5.82 Å². The van der Waals surface area contributed by atoms with E-state index in [4.69, 9.17) is 4.74 Å². The molecule has 0 aliphatic rings. The van der Waals surface area contributed by atoms with Crippen molar-refractivity contribution in [3.8, 4) is 11.6 Å². The highest BCUT2D eigenvalue weighted by Gasteiger charge is 2.08. The zero-order valence-corrected chi connectivity index (χ0v) is 11.8. The fraction of sp³-hybridized carbons (Fsp3) is 0.312. The Morgan fingerprint density at radius 1 is 1.30 bits per heavy atom. The number of nitrogens with zero attached hydrogens (tertiary/aromatic N) is 1. The number of hydrogen-bond acceptors (Lipinski definition) is 3. The van der Waals surface area contributed by atoms with Crippen LogP contribution in [0.4, 0.5) is 4.39 Å². The highest BCUT2D eigenvalue weighted by atomic mass is 19.1. The number of halogens is 1. The quantitative estimate of drug-likeness (QED) is 0.862. The Morgan fingerprint density at radius 3 is 2.85 bits per heavy atom. The van der Waals surface area contributed by atoms with Gasteiger partial charge >= 0.3 is 0 Å². The highest BCUT2D eigenvalue weighted by Crippen LogP contribution is 2.24. The van der Waals surface area contributed by atoms with Gasteiger partial charge in [0.15, 0.2) is 11.6 Å². The van der Waals surface area contributed by atoms with Gasteiger partial charge in [0.2, 0.25) is 5.88 Å². The molecule has 106 valence electrons. The van der Waals surface area contributed by atoms with Gasteiger partial charge in [-0.2, -0.15) is 0 Å². The van der Waals surface area contributed by atoms with Gasteiger partial charge < -0.3 is 10.1 Å². The maximum Gasteiger partial charge on any atom is 0.219 e. The molecule has 1 unspecified atom stereocenters. The average Bonchev–Trinajstić information content (AvgIpc) is 2.47. The molecule has 1 aromatic heterocycles. The van der Waals surface area contributed by atoms with Crippen molar-refractivity contribution in [1.29, 1.82) is 0 Å². The van der Waals surface area contributed by atoms with Crippen LogP contribution in [0.25, 0.3) is 0 Å². The van der Waals surface area contributed by atoms with Crippen LogP contribution in [0.3, 0.4) is 0 Å². The van der Waals surface area contributed by atoms with Crippen molar-refractivity contribution < 1.29 is 9.13 Å². The highest BCUT2D eigenvalue weighted by molar-refractivity contribution is 5.30. The Morgan fingerprint density at radius 2 is 2.10 bits per heavy atom. The molecule has 0 bridgehead atoms. The molecule has 1 N–H and O–H groups in total. The van der Waals surface area contributed by atoms with Gasteiger partial charge in [0.25, 0.3) is 0 Å². The first kappa shape index (κ1) is 14.5. The summed E-state index contributed by atoms with van der Waals surface area (Å²) in [6, 6.07) is 10.3. The number of hydrogen-bond donors (Lipinski definition) is 1. The third kappa shape index (κ3) is 3.78. The topological polar surface area (TPSA) is 34.2 Å². The lowest BCUT2D eigenvalue weighted by molar-refractivity contribution is 0.426. The predicted molar refractivity (Wildman–Crippen MR) is 77.4 cm³/mol. The summed E-state index contributed by atoms with van der Waals surface area (Å²) in [6.45, 7) is 5.16. The summed E-state index contributed by atoms with van der Waals surface area (Å²) in [6.07, 6.45) is 2.75. The van der Waals surface area contributed by atoms with Crippen molar-refractivity contribution in [2.45, 2.75) is 26.3 Å². The van der Waals surface area contributed by atoms with Gasteiger partial charge in [0.05, 0.1) is 0 Å². The van der Waals surface area contributed by atoms with Crippen molar-refractivity contribution in [3.63, 3.8) is 0 Å². The number of rotatable bonds is 6. The maximum absolute atomic E-state index is 13.5.